The van der Waals surface area contributed by atoms with Gasteiger partial charge in [-0.2, -0.15) is 0 Å². The van der Waals surface area contributed by atoms with Gasteiger partial charge in [0.15, 0.2) is 0 Å². The van der Waals surface area contributed by atoms with Gasteiger partial charge >= 0.3 is 0 Å². The fraction of sp³-hybridized carbons (Fsp3) is 0.0625. The van der Waals surface area contributed by atoms with Gasteiger partial charge in [-0.25, -0.2) is 8.78 Å². The molecule has 0 aromatic heterocycles. The van der Waals surface area contributed by atoms with Crippen molar-refractivity contribution >= 4 is 23.2 Å². The summed E-state index contributed by atoms with van der Waals surface area (Å²) in [6.45, 7) is 1.98. The number of hydrogen-bond donors (Lipinski definition) is 0. The van der Waals surface area contributed by atoms with Gasteiger partial charge in [0.2, 0.25) is 0 Å². The van der Waals surface area contributed by atoms with Crippen molar-refractivity contribution in [2.75, 3.05) is 0 Å². The van der Waals surface area contributed by atoms with Crippen LogP contribution in [0.4, 0.5) is 8.78 Å². The predicted octanol–water partition coefficient (Wildman–Crippen LogP) is 4.70. The second kappa shape index (κ2) is 5.85. The highest BCUT2D eigenvalue weighted by Crippen LogP contribution is 2.15. The molecule has 0 nitrogen and oxygen atoms in total. The van der Waals surface area contributed by atoms with E-state index in [0.717, 1.165) is 11.1 Å². The number of benzene rings is 2. The van der Waals surface area contributed by atoms with Crippen LogP contribution in [0.2, 0.25) is 0 Å². The minimum absolute atomic E-state index is 0.0723. The maximum atomic E-state index is 13.4. The third kappa shape index (κ3) is 3.32. The first kappa shape index (κ1) is 13.6. The smallest absolute Gasteiger partial charge is 0.133 e. The highest BCUT2D eigenvalue weighted by molar-refractivity contribution is 7.81. The first-order chi connectivity index (χ1) is 9.08. The molecule has 0 atom stereocenters. The van der Waals surface area contributed by atoms with Gasteiger partial charge in [-0.05, 0) is 36.8 Å². The molecule has 0 aliphatic carbocycles. The Labute approximate surface area is 116 Å². The van der Waals surface area contributed by atoms with E-state index in [2.05, 4.69) is 0 Å². The lowest BCUT2D eigenvalue weighted by Crippen LogP contribution is -1.93. The summed E-state index contributed by atoms with van der Waals surface area (Å²) in [5.41, 5.74) is 1.92. The summed E-state index contributed by atoms with van der Waals surface area (Å²) >= 11 is 5.22. The lowest BCUT2D eigenvalue weighted by Gasteiger charge is -2.01. The van der Waals surface area contributed by atoms with Crippen molar-refractivity contribution in [3.63, 3.8) is 0 Å². The van der Waals surface area contributed by atoms with Gasteiger partial charge in [0.25, 0.3) is 0 Å². The van der Waals surface area contributed by atoms with Crippen molar-refractivity contribution < 1.29 is 8.78 Å². The minimum atomic E-state index is -0.594. The summed E-state index contributed by atoms with van der Waals surface area (Å²) in [5, 5.41) is 0. The van der Waals surface area contributed by atoms with Crippen LogP contribution in [-0.4, -0.2) is 4.86 Å². The molecule has 0 aliphatic heterocycles. The number of halogens is 2. The zero-order valence-electron chi connectivity index (χ0n) is 10.4. The Balaban J connectivity index is 2.23. The van der Waals surface area contributed by atoms with Gasteiger partial charge in [0.1, 0.15) is 11.6 Å². The summed E-state index contributed by atoms with van der Waals surface area (Å²) in [7, 11) is 0. The normalized spacial score (nSPS) is 10.9. The quantitative estimate of drug-likeness (QED) is 0.444. The van der Waals surface area contributed by atoms with Crippen molar-refractivity contribution in [2.24, 2.45) is 0 Å². The summed E-state index contributed by atoms with van der Waals surface area (Å²) in [6, 6.07) is 11.4. The molecule has 0 aliphatic rings. The van der Waals surface area contributed by atoms with E-state index in [-0.39, 0.29) is 5.56 Å². The molecule has 2 aromatic carbocycles. The van der Waals surface area contributed by atoms with Crippen LogP contribution in [0.1, 0.15) is 16.7 Å². The predicted molar refractivity (Wildman–Crippen MR) is 78.3 cm³/mol. The Morgan fingerprint density at radius 1 is 1.00 bits per heavy atom. The van der Waals surface area contributed by atoms with Gasteiger partial charge in [-0.15, -0.1) is 0 Å². The number of rotatable bonds is 3. The first-order valence-corrected chi connectivity index (χ1v) is 6.22. The lowest BCUT2D eigenvalue weighted by molar-refractivity contribution is 0.579. The molecule has 0 saturated heterocycles. The summed E-state index contributed by atoms with van der Waals surface area (Å²) in [4.78, 5) is 0.544. The zero-order valence-corrected chi connectivity index (χ0v) is 11.2. The van der Waals surface area contributed by atoms with Crippen LogP contribution in [-0.2, 0) is 0 Å². The van der Waals surface area contributed by atoms with E-state index in [1.165, 1.54) is 24.3 Å². The van der Waals surface area contributed by atoms with Crippen molar-refractivity contribution in [2.45, 2.75) is 6.92 Å². The van der Waals surface area contributed by atoms with Crippen molar-refractivity contribution in [1.82, 2.24) is 0 Å². The Morgan fingerprint density at radius 3 is 2.16 bits per heavy atom. The molecule has 0 radical (unpaired) electrons. The molecule has 0 saturated carbocycles. The Kier molecular flexibility index (Phi) is 4.17. The monoisotopic (exact) mass is 274 g/mol. The van der Waals surface area contributed by atoms with Crippen LogP contribution in [0, 0.1) is 18.6 Å². The molecule has 0 spiro atoms. The zero-order chi connectivity index (χ0) is 13.8. The van der Waals surface area contributed by atoms with E-state index in [1.54, 1.807) is 6.08 Å². The largest absolute Gasteiger partial charge is 0.206 e. The molecule has 0 bridgehead atoms. The van der Waals surface area contributed by atoms with Crippen LogP contribution in [0.5, 0.6) is 0 Å². The molecule has 96 valence electrons. The third-order valence-corrected chi connectivity index (χ3v) is 3.11. The summed E-state index contributed by atoms with van der Waals surface area (Å²) in [6.07, 6.45) is 2.91. The highest BCUT2D eigenvalue weighted by Gasteiger charge is 2.05. The first-order valence-electron chi connectivity index (χ1n) is 5.81. The van der Waals surface area contributed by atoms with Crippen molar-refractivity contribution in [3.05, 3.63) is 76.9 Å². The lowest BCUT2D eigenvalue weighted by atomic mass is 10.1. The average molecular weight is 274 g/mol. The van der Waals surface area contributed by atoms with Crippen LogP contribution in [0.3, 0.4) is 0 Å². The van der Waals surface area contributed by atoms with E-state index in [9.17, 15) is 8.78 Å². The fourth-order valence-corrected chi connectivity index (χ4v) is 1.85. The molecule has 0 amide bonds. The fourth-order valence-electron chi connectivity index (χ4n) is 1.64. The molecular formula is C16H12F2S. The molecule has 2 aromatic rings. The standard InChI is InChI=1S/C16H12F2S/c1-11-5-7-12(8-6-11)16(19)10-9-13-14(17)3-2-4-15(13)18/h2-10H,1H3. The van der Waals surface area contributed by atoms with Gasteiger partial charge in [0.05, 0.1) is 0 Å². The van der Waals surface area contributed by atoms with E-state index in [0.29, 0.717) is 4.86 Å². The topological polar surface area (TPSA) is 0 Å². The van der Waals surface area contributed by atoms with Gasteiger partial charge in [0, 0.05) is 10.4 Å². The van der Waals surface area contributed by atoms with E-state index >= 15 is 0 Å². The molecule has 19 heavy (non-hydrogen) atoms. The van der Waals surface area contributed by atoms with Gasteiger partial charge < -0.3 is 0 Å². The van der Waals surface area contributed by atoms with Gasteiger partial charge in [-0.3, -0.25) is 0 Å². The number of thiocarbonyl (C=S) groups is 1. The molecule has 3 heteroatoms. The van der Waals surface area contributed by atoms with Crippen LogP contribution in [0.25, 0.3) is 6.08 Å². The second-order valence-corrected chi connectivity index (χ2v) is 4.64. The molecule has 0 heterocycles. The van der Waals surface area contributed by atoms with Crippen molar-refractivity contribution in [3.8, 4) is 0 Å². The summed E-state index contributed by atoms with van der Waals surface area (Å²) in [5.74, 6) is -1.19. The molecule has 0 N–H and O–H groups in total. The highest BCUT2D eigenvalue weighted by atomic mass is 32.1. The molecule has 0 unspecified atom stereocenters. The van der Waals surface area contributed by atoms with Crippen LogP contribution < -0.4 is 0 Å². The number of aryl methyl sites for hydroxylation is 1. The average Bonchev–Trinajstić information content (AvgIpc) is 2.38. The number of hydrogen-bond acceptors (Lipinski definition) is 1. The summed E-state index contributed by atoms with van der Waals surface area (Å²) < 4.78 is 26.8. The Bertz CT molecular complexity index is 607. The molecular weight excluding hydrogens is 262 g/mol. The minimum Gasteiger partial charge on any atom is -0.206 e. The van der Waals surface area contributed by atoms with E-state index < -0.39 is 11.6 Å². The molecule has 0 fully saturated rings. The number of allylic oxidation sites excluding steroid dienone is 1. The maximum Gasteiger partial charge on any atom is 0.133 e. The van der Waals surface area contributed by atoms with Gasteiger partial charge in [-0.1, -0.05) is 48.1 Å². The Hall–Kier alpha value is -1.87. The molecule has 2 rings (SSSR count). The van der Waals surface area contributed by atoms with Crippen molar-refractivity contribution in [1.29, 1.82) is 0 Å². The Morgan fingerprint density at radius 2 is 1.58 bits per heavy atom. The van der Waals surface area contributed by atoms with Crippen LogP contribution in [0.15, 0.2) is 48.5 Å². The van der Waals surface area contributed by atoms with Crippen LogP contribution >= 0.6 is 12.2 Å². The maximum absolute atomic E-state index is 13.4. The second-order valence-electron chi connectivity index (χ2n) is 4.20. The SMILES string of the molecule is Cc1ccc(C(=S)C=Cc2c(F)cccc2F)cc1. The van der Waals surface area contributed by atoms with E-state index in [1.807, 2.05) is 31.2 Å². The van der Waals surface area contributed by atoms with E-state index in [4.69, 9.17) is 12.2 Å². The third-order valence-electron chi connectivity index (χ3n) is 2.74.